The summed E-state index contributed by atoms with van der Waals surface area (Å²) >= 11 is 1.54. The zero-order valence-electron chi connectivity index (χ0n) is 21.9. The second kappa shape index (κ2) is 10.5. The van der Waals surface area contributed by atoms with Gasteiger partial charge in [-0.25, -0.2) is 9.97 Å². The Balaban J connectivity index is 1.74. The first-order chi connectivity index (χ1) is 17.1. The van der Waals surface area contributed by atoms with E-state index in [0.29, 0.717) is 24.7 Å². The Morgan fingerprint density at radius 3 is 2.56 bits per heavy atom. The highest BCUT2D eigenvalue weighted by atomic mass is 32.1. The molecule has 36 heavy (non-hydrogen) atoms. The number of pyridine rings is 1. The van der Waals surface area contributed by atoms with E-state index in [9.17, 15) is 10.2 Å². The molecule has 0 aliphatic heterocycles. The van der Waals surface area contributed by atoms with Gasteiger partial charge in [0.05, 0.1) is 45.5 Å². The highest BCUT2D eigenvalue weighted by molar-refractivity contribution is 7.21. The monoisotopic (exact) mass is 516 g/mol. The summed E-state index contributed by atoms with van der Waals surface area (Å²) < 4.78 is 12.0. The van der Waals surface area contributed by atoms with Gasteiger partial charge in [0.15, 0.2) is 0 Å². The molecular formula is C25H36N6O4S. The number of aryl methyl sites for hydroxylation is 2. The van der Waals surface area contributed by atoms with Crippen LogP contribution in [0.2, 0.25) is 0 Å². The average Bonchev–Trinajstić information content (AvgIpc) is 3.40. The predicted molar refractivity (Wildman–Crippen MR) is 141 cm³/mol. The number of aromatic nitrogens is 4. The van der Waals surface area contributed by atoms with E-state index >= 15 is 0 Å². The van der Waals surface area contributed by atoms with Crippen molar-refractivity contribution >= 4 is 33.3 Å². The first-order valence-electron chi connectivity index (χ1n) is 12.1. The minimum Gasteiger partial charge on any atom is -0.390 e. The maximum atomic E-state index is 10.9. The number of rotatable bonds is 9. The summed E-state index contributed by atoms with van der Waals surface area (Å²) in [5.41, 5.74) is 2.61. The average molecular weight is 517 g/mol. The van der Waals surface area contributed by atoms with Gasteiger partial charge in [0.1, 0.15) is 22.4 Å². The number of aliphatic hydroxyl groups is 2. The predicted octanol–water partition coefficient (Wildman–Crippen LogP) is 3.16. The number of thiazole rings is 1. The molecule has 1 aliphatic rings. The quantitative estimate of drug-likeness (QED) is 0.336. The number of hydrogen-bond acceptors (Lipinski definition) is 11. The lowest BCUT2D eigenvalue weighted by molar-refractivity contribution is -0.0819. The van der Waals surface area contributed by atoms with Crippen LogP contribution in [0.4, 0.5) is 11.8 Å². The van der Waals surface area contributed by atoms with Gasteiger partial charge in [-0.3, -0.25) is 4.98 Å². The van der Waals surface area contributed by atoms with Crippen LogP contribution in [0.25, 0.3) is 20.8 Å². The summed E-state index contributed by atoms with van der Waals surface area (Å²) in [4.78, 5) is 18.7. The Hall–Kier alpha value is -2.44. The van der Waals surface area contributed by atoms with Gasteiger partial charge < -0.3 is 30.3 Å². The van der Waals surface area contributed by atoms with Crippen LogP contribution in [0.5, 0.6) is 0 Å². The molecule has 0 spiro atoms. The van der Waals surface area contributed by atoms with E-state index in [1.165, 1.54) is 0 Å². The highest BCUT2D eigenvalue weighted by Crippen LogP contribution is 2.41. The molecule has 0 bridgehead atoms. The van der Waals surface area contributed by atoms with Crippen LogP contribution in [0.3, 0.4) is 0 Å². The smallest absolute Gasteiger partial charge is 0.224 e. The number of methoxy groups -OCH3 is 2. The molecule has 3 aromatic heterocycles. The van der Waals surface area contributed by atoms with Crippen molar-refractivity contribution < 1.29 is 19.7 Å². The van der Waals surface area contributed by atoms with E-state index < -0.39 is 23.9 Å². The van der Waals surface area contributed by atoms with Crippen molar-refractivity contribution in [3.8, 4) is 10.6 Å². The van der Waals surface area contributed by atoms with Crippen molar-refractivity contribution in [2.24, 2.45) is 5.92 Å². The van der Waals surface area contributed by atoms with Crippen molar-refractivity contribution in [1.29, 1.82) is 0 Å². The number of aliphatic hydroxyl groups excluding tert-OH is 2. The molecule has 10 nitrogen and oxygen atoms in total. The van der Waals surface area contributed by atoms with Gasteiger partial charge in [0, 0.05) is 32.9 Å². The normalized spacial score (nSPS) is 23.2. The van der Waals surface area contributed by atoms with Gasteiger partial charge in [0.2, 0.25) is 5.95 Å². The number of anilines is 2. The summed E-state index contributed by atoms with van der Waals surface area (Å²) in [7, 11) is 3.28. The first-order valence-corrected chi connectivity index (χ1v) is 12.9. The van der Waals surface area contributed by atoms with Crippen LogP contribution in [0.15, 0.2) is 12.3 Å². The topological polar surface area (TPSA) is 135 Å². The van der Waals surface area contributed by atoms with Crippen molar-refractivity contribution in [3.05, 3.63) is 23.7 Å². The molecule has 4 rings (SSSR count). The van der Waals surface area contributed by atoms with Crippen LogP contribution >= 0.6 is 11.3 Å². The van der Waals surface area contributed by atoms with Crippen molar-refractivity contribution in [3.63, 3.8) is 0 Å². The zero-order valence-corrected chi connectivity index (χ0v) is 22.7. The highest BCUT2D eigenvalue weighted by Gasteiger charge is 2.48. The van der Waals surface area contributed by atoms with Gasteiger partial charge in [0.25, 0.3) is 0 Å². The van der Waals surface area contributed by atoms with Gasteiger partial charge in [-0.05, 0) is 47.1 Å². The number of fused-ring (bicyclic) bond motifs is 1. The Morgan fingerprint density at radius 1 is 1.14 bits per heavy atom. The standard InChI is InChI=1S/C25H36N6O4S/c1-12(34-6)11-27-24-28-13(2)18(23-30-19-14(3)26-9-8-17(19)36-23)22(31-24)29-16-10-15(20(32)21(16)33)25(4,5)35-7/h8-9,12,15-16,20-21,32-33H,10-11H2,1-7H3,(H2,27,28,29,31)/t12-,15+,16-,20-,21+/m1/s1. The summed E-state index contributed by atoms with van der Waals surface area (Å²) in [5.74, 6) is 0.744. The van der Waals surface area contributed by atoms with Crippen molar-refractivity contribution in [2.75, 3.05) is 31.4 Å². The SMILES string of the molecule is CO[C@H](C)CNc1nc(C)c(-c2nc3c(C)nccc3s2)c(N[C@@H]2C[C@H](C(C)(C)OC)[C@@H](O)[C@H]2O)n1. The van der Waals surface area contributed by atoms with Crippen molar-refractivity contribution in [1.82, 2.24) is 19.9 Å². The Kier molecular flexibility index (Phi) is 7.77. The lowest BCUT2D eigenvalue weighted by Crippen LogP contribution is -2.41. The maximum Gasteiger partial charge on any atom is 0.224 e. The number of nitrogens with zero attached hydrogens (tertiary/aromatic N) is 4. The van der Waals surface area contributed by atoms with Gasteiger partial charge in [-0.15, -0.1) is 11.3 Å². The third-order valence-corrected chi connectivity index (χ3v) is 8.21. The Labute approximate surface area is 215 Å². The molecular weight excluding hydrogens is 480 g/mol. The lowest BCUT2D eigenvalue weighted by atomic mass is 9.87. The number of hydrogen-bond donors (Lipinski definition) is 4. The Morgan fingerprint density at radius 2 is 1.89 bits per heavy atom. The minimum atomic E-state index is -0.987. The van der Waals surface area contributed by atoms with E-state index in [1.54, 1.807) is 31.8 Å². The molecule has 1 saturated carbocycles. The van der Waals surface area contributed by atoms with Crippen LogP contribution in [-0.4, -0.2) is 80.9 Å². The van der Waals surface area contributed by atoms with Gasteiger partial charge in [-0.1, -0.05) is 0 Å². The maximum absolute atomic E-state index is 10.9. The summed E-state index contributed by atoms with van der Waals surface area (Å²) in [6.45, 7) is 10.2. The molecule has 0 amide bonds. The molecule has 0 saturated heterocycles. The number of ether oxygens (including phenoxy) is 2. The molecule has 0 aromatic carbocycles. The third-order valence-electron chi connectivity index (χ3n) is 7.17. The van der Waals surface area contributed by atoms with Gasteiger partial charge >= 0.3 is 0 Å². The molecule has 1 aliphatic carbocycles. The zero-order chi connectivity index (χ0) is 26.2. The van der Waals surface area contributed by atoms with Crippen LogP contribution in [0, 0.1) is 19.8 Å². The van der Waals surface area contributed by atoms with E-state index in [1.807, 2.05) is 40.7 Å². The summed E-state index contributed by atoms with van der Waals surface area (Å²) in [6, 6.07) is 1.51. The van der Waals surface area contributed by atoms with Crippen molar-refractivity contribution in [2.45, 2.75) is 71.0 Å². The van der Waals surface area contributed by atoms with Gasteiger partial charge in [-0.2, -0.15) is 4.98 Å². The molecule has 0 unspecified atom stereocenters. The molecule has 4 N–H and O–H groups in total. The molecule has 3 aromatic rings. The first kappa shape index (κ1) is 26.6. The summed E-state index contributed by atoms with van der Waals surface area (Å²) in [6.07, 6.45) is 0.353. The van der Waals surface area contributed by atoms with E-state index in [0.717, 1.165) is 32.2 Å². The molecule has 5 atom stereocenters. The summed E-state index contributed by atoms with van der Waals surface area (Å²) in [5, 5.41) is 29.2. The molecule has 3 heterocycles. The molecule has 11 heteroatoms. The second-order valence-corrected chi connectivity index (χ2v) is 11.0. The van der Waals surface area contributed by atoms with Crippen LogP contribution < -0.4 is 10.6 Å². The molecule has 0 radical (unpaired) electrons. The molecule has 196 valence electrons. The fourth-order valence-electron chi connectivity index (χ4n) is 4.61. The fraction of sp³-hybridized carbons (Fsp3) is 0.600. The van der Waals surface area contributed by atoms with E-state index in [4.69, 9.17) is 19.4 Å². The number of nitrogens with one attached hydrogen (secondary N) is 2. The Bertz CT molecular complexity index is 1220. The second-order valence-electron chi connectivity index (χ2n) is 9.93. The van der Waals surface area contributed by atoms with Crippen LogP contribution in [-0.2, 0) is 9.47 Å². The lowest BCUT2D eigenvalue weighted by Gasteiger charge is -2.32. The molecule has 1 fully saturated rings. The fourth-order valence-corrected chi connectivity index (χ4v) is 5.73. The largest absolute Gasteiger partial charge is 0.390 e. The van der Waals surface area contributed by atoms with E-state index in [-0.39, 0.29) is 12.0 Å². The third kappa shape index (κ3) is 5.16. The van der Waals surface area contributed by atoms with Crippen LogP contribution in [0.1, 0.15) is 38.6 Å². The van der Waals surface area contributed by atoms with E-state index in [2.05, 4.69) is 20.6 Å². The minimum absolute atomic E-state index is 0.0198.